The maximum atomic E-state index is 5.89. The molecule has 2 saturated heterocycles. The number of fused-ring (bicyclic) bond motifs is 1. The summed E-state index contributed by atoms with van der Waals surface area (Å²) in [6, 6.07) is 6.57. The largest absolute Gasteiger partial charge is 0.377 e. The molecule has 2 aliphatic heterocycles. The normalized spacial score (nSPS) is 32.4. The summed E-state index contributed by atoms with van der Waals surface area (Å²) >= 11 is 0. The molecule has 0 saturated carbocycles. The molecule has 1 aromatic heterocycles. The fourth-order valence-corrected chi connectivity index (χ4v) is 3.09. The van der Waals surface area contributed by atoms with Crippen LogP contribution in [-0.2, 0) is 16.0 Å². The van der Waals surface area contributed by atoms with E-state index in [4.69, 9.17) is 9.47 Å². The topological polar surface area (TPSA) is 34.6 Å². The molecule has 0 radical (unpaired) electrons. The number of hydrogen-bond donors (Lipinski definition) is 0. The fraction of sp³-hybridized carbons (Fsp3) is 0.643. The monoisotopic (exact) mass is 248 g/mol. The first kappa shape index (κ1) is 12.1. The van der Waals surface area contributed by atoms with Crippen LogP contribution in [0.25, 0.3) is 0 Å². The summed E-state index contributed by atoms with van der Waals surface area (Å²) in [5.74, 6) is 0. The maximum Gasteiger partial charge on any atom is 0.100 e. The van der Waals surface area contributed by atoms with Crippen molar-refractivity contribution in [2.24, 2.45) is 0 Å². The SMILES string of the molecule is CO[C@@H]1CN(Cc2ccccn2)[C@H]2CCCO[C@@H]12. The van der Waals surface area contributed by atoms with Crippen LogP contribution >= 0.6 is 0 Å². The van der Waals surface area contributed by atoms with Crippen LogP contribution in [0.5, 0.6) is 0 Å². The van der Waals surface area contributed by atoms with E-state index in [1.54, 1.807) is 7.11 Å². The van der Waals surface area contributed by atoms with Gasteiger partial charge >= 0.3 is 0 Å². The maximum absolute atomic E-state index is 5.89. The summed E-state index contributed by atoms with van der Waals surface area (Å²) in [5.41, 5.74) is 1.12. The molecule has 3 rings (SSSR count). The molecule has 4 nitrogen and oxygen atoms in total. The quantitative estimate of drug-likeness (QED) is 0.811. The lowest BCUT2D eigenvalue weighted by Gasteiger charge is -2.31. The van der Waals surface area contributed by atoms with E-state index in [0.717, 1.165) is 31.8 Å². The van der Waals surface area contributed by atoms with E-state index in [9.17, 15) is 0 Å². The van der Waals surface area contributed by atoms with Crippen molar-refractivity contribution in [3.8, 4) is 0 Å². The summed E-state index contributed by atoms with van der Waals surface area (Å²) in [7, 11) is 1.78. The van der Waals surface area contributed by atoms with Gasteiger partial charge in [-0.15, -0.1) is 0 Å². The van der Waals surface area contributed by atoms with Crippen LogP contribution in [0.4, 0.5) is 0 Å². The molecule has 0 bridgehead atoms. The zero-order chi connectivity index (χ0) is 12.4. The van der Waals surface area contributed by atoms with Crippen LogP contribution in [0.2, 0.25) is 0 Å². The highest BCUT2D eigenvalue weighted by Gasteiger charge is 2.44. The van der Waals surface area contributed by atoms with Gasteiger partial charge < -0.3 is 9.47 Å². The molecule has 0 amide bonds. The van der Waals surface area contributed by atoms with Gasteiger partial charge in [-0.05, 0) is 25.0 Å². The minimum atomic E-state index is 0.207. The summed E-state index contributed by atoms with van der Waals surface area (Å²) in [5, 5.41) is 0. The predicted octanol–water partition coefficient (Wildman–Crippen LogP) is 1.46. The second kappa shape index (κ2) is 5.34. The Bertz CT molecular complexity index is 385. The van der Waals surface area contributed by atoms with Gasteiger partial charge in [0.25, 0.3) is 0 Å². The zero-order valence-electron chi connectivity index (χ0n) is 10.8. The molecule has 0 spiro atoms. The Hall–Kier alpha value is -0.970. The van der Waals surface area contributed by atoms with E-state index in [2.05, 4.69) is 16.0 Å². The molecule has 0 aliphatic carbocycles. The standard InChI is InChI=1S/C14H20N2O2/c1-17-13-10-16(9-11-5-2-3-7-15-11)12-6-4-8-18-14(12)13/h2-3,5,7,12-14H,4,6,8-10H2,1H3/t12-,13+,14+/m0/s1. The van der Waals surface area contributed by atoms with Gasteiger partial charge in [-0.1, -0.05) is 6.07 Å². The highest BCUT2D eigenvalue weighted by molar-refractivity contribution is 5.06. The van der Waals surface area contributed by atoms with Gasteiger partial charge in [0.15, 0.2) is 0 Å². The lowest BCUT2D eigenvalue weighted by atomic mass is 10.0. The molecule has 2 aliphatic rings. The molecule has 3 heterocycles. The molecule has 18 heavy (non-hydrogen) atoms. The first-order chi connectivity index (χ1) is 8.88. The number of pyridine rings is 1. The number of rotatable bonds is 3. The van der Waals surface area contributed by atoms with Gasteiger partial charge in [0.1, 0.15) is 6.10 Å². The average molecular weight is 248 g/mol. The van der Waals surface area contributed by atoms with Gasteiger partial charge in [0, 0.05) is 39.0 Å². The van der Waals surface area contributed by atoms with Gasteiger partial charge in [0.05, 0.1) is 11.8 Å². The van der Waals surface area contributed by atoms with E-state index in [1.165, 1.54) is 6.42 Å². The van der Waals surface area contributed by atoms with Crippen LogP contribution in [0.1, 0.15) is 18.5 Å². The number of aromatic nitrogens is 1. The van der Waals surface area contributed by atoms with Crippen molar-refractivity contribution >= 4 is 0 Å². The first-order valence-corrected chi connectivity index (χ1v) is 6.67. The smallest absolute Gasteiger partial charge is 0.100 e. The van der Waals surface area contributed by atoms with Gasteiger partial charge in [0.2, 0.25) is 0 Å². The molecule has 98 valence electrons. The second-order valence-electron chi connectivity index (χ2n) is 5.07. The minimum Gasteiger partial charge on any atom is -0.377 e. The average Bonchev–Trinajstić information content (AvgIpc) is 2.78. The van der Waals surface area contributed by atoms with E-state index in [-0.39, 0.29) is 12.2 Å². The highest BCUT2D eigenvalue weighted by atomic mass is 16.5. The molecule has 1 aromatic rings. The number of nitrogens with zero attached hydrogens (tertiary/aromatic N) is 2. The van der Waals surface area contributed by atoms with Crippen molar-refractivity contribution in [1.29, 1.82) is 0 Å². The Labute approximate surface area is 108 Å². The number of hydrogen-bond acceptors (Lipinski definition) is 4. The Kier molecular flexibility index (Phi) is 3.59. The van der Waals surface area contributed by atoms with Crippen molar-refractivity contribution in [3.05, 3.63) is 30.1 Å². The Morgan fingerprint density at radius 2 is 2.44 bits per heavy atom. The van der Waals surface area contributed by atoms with E-state index >= 15 is 0 Å². The van der Waals surface area contributed by atoms with Crippen LogP contribution in [0, 0.1) is 0 Å². The summed E-state index contributed by atoms with van der Waals surface area (Å²) < 4.78 is 11.4. The molecular weight excluding hydrogens is 228 g/mol. The van der Waals surface area contributed by atoms with Crippen molar-refractivity contribution in [2.75, 3.05) is 20.3 Å². The number of likely N-dealkylation sites (tertiary alicyclic amines) is 1. The zero-order valence-corrected chi connectivity index (χ0v) is 10.8. The molecule has 3 atom stereocenters. The Balaban J connectivity index is 1.72. The molecule has 0 N–H and O–H groups in total. The second-order valence-corrected chi connectivity index (χ2v) is 5.07. The van der Waals surface area contributed by atoms with Crippen molar-refractivity contribution in [1.82, 2.24) is 9.88 Å². The molecule has 0 aromatic carbocycles. The Morgan fingerprint density at radius 3 is 3.22 bits per heavy atom. The fourth-order valence-electron chi connectivity index (χ4n) is 3.09. The van der Waals surface area contributed by atoms with E-state index in [1.807, 2.05) is 18.3 Å². The molecule has 0 unspecified atom stereocenters. The van der Waals surface area contributed by atoms with Crippen molar-refractivity contribution in [3.63, 3.8) is 0 Å². The van der Waals surface area contributed by atoms with Crippen molar-refractivity contribution < 1.29 is 9.47 Å². The van der Waals surface area contributed by atoms with Crippen LogP contribution < -0.4 is 0 Å². The van der Waals surface area contributed by atoms with Crippen LogP contribution in [0.15, 0.2) is 24.4 Å². The summed E-state index contributed by atoms with van der Waals surface area (Å²) in [4.78, 5) is 6.87. The van der Waals surface area contributed by atoms with Gasteiger partial charge in [-0.25, -0.2) is 0 Å². The van der Waals surface area contributed by atoms with Crippen molar-refractivity contribution in [2.45, 2.75) is 37.6 Å². The highest BCUT2D eigenvalue weighted by Crippen LogP contribution is 2.31. The van der Waals surface area contributed by atoms with E-state index in [0.29, 0.717) is 6.04 Å². The molecule has 2 fully saturated rings. The minimum absolute atomic E-state index is 0.207. The molecular formula is C14H20N2O2. The first-order valence-electron chi connectivity index (χ1n) is 6.67. The third-order valence-electron chi connectivity index (χ3n) is 3.98. The summed E-state index contributed by atoms with van der Waals surface area (Å²) in [6.07, 6.45) is 4.66. The third kappa shape index (κ3) is 2.28. The van der Waals surface area contributed by atoms with Crippen LogP contribution in [0.3, 0.4) is 0 Å². The predicted molar refractivity (Wildman–Crippen MR) is 68.2 cm³/mol. The van der Waals surface area contributed by atoms with Gasteiger partial charge in [-0.2, -0.15) is 0 Å². The Morgan fingerprint density at radius 1 is 1.50 bits per heavy atom. The lowest BCUT2D eigenvalue weighted by molar-refractivity contribution is -0.0655. The summed E-state index contributed by atoms with van der Waals surface area (Å²) in [6.45, 7) is 2.71. The third-order valence-corrected chi connectivity index (χ3v) is 3.98. The lowest BCUT2D eigenvalue weighted by Crippen LogP contribution is -2.41. The van der Waals surface area contributed by atoms with Gasteiger partial charge in [-0.3, -0.25) is 9.88 Å². The number of ether oxygens (including phenoxy) is 2. The van der Waals surface area contributed by atoms with Crippen LogP contribution in [-0.4, -0.2) is 48.4 Å². The number of methoxy groups -OCH3 is 1. The van der Waals surface area contributed by atoms with E-state index < -0.39 is 0 Å². The molecule has 4 heteroatoms.